The SMILES string of the molecule is COC(=O)CC(C[N+](=O)[O-])c1ccc2c(C)cn(CCCc3ccccc3)c2c1. The average molecular weight is 394 g/mol. The molecule has 29 heavy (non-hydrogen) atoms. The summed E-state index contributed by atoms with van der Waals surface area (Å²) < 4.78 is 6.93. The number of carbonyl (C=O) groups excluding carboxylic acids is 1. The first-order valence-corrected chi connectivity index (χ1v) is 9.80. The van der Waals surface area contributed by atoms with Crippen molar-refractivity contribution < 1.29 is 14.5 Å². The lowest BCUT2D eigenvalue weighted by Gasteiger charge is -2.13. The van der Waals surface area contributed by atoms with Gasteiger partial charge in [0.05, 0.1) is 19.4 Å². The predicted octanol–water partition coefficient (Wildman–Crippen LogP) is 4.51. The molecule has 6 heteroatoms. The molecule has 2 aromatic carbocycles. The normalized spacial score (nSPS) is 12.1. The number of methoxy groups -OCH3 is 1. The number of aryl methyl sites for hydroxylation is 3. The van der Waals surface area contributed by atoms with Crippen molar-refractivity contribution in [2.24, 2.45) is 0 Å². The Bertz CT molecular complexity index is 995. The standard InChI is InChI=1S/C23H26N2O4/c1-17-15-24(12-6-9-18-7-4-3-5-8-18)22-13-19(10-11-21(17)22)20(16-25(27)28)14-23(26)29-2/h3-5,7-8,10-11,13,15,20H,6,9,12,14,16H2,1-2H3. The van der Waals surface area contributed by atoms with Crippen molar-refractivity contribution in [1.29, 1.82) is 0 Å². The van der Waals surface area contributed by atoms with Gasteiger partial charge in [-0.25, -0.2) is 0 Å². The van der Waals surface area contributed by atoms with Crippen LogP contribution >= 0.6 is 0 Å². The first-order valence-electron chi connectivity index (χ1n) is 9.80. The third-order valence-electron chi connectivity index (χ3n) is 5.29. The van der Waals surface area contributed by atoms with Crippen LogP contribution < -0.4 is 0 Å². The Morgan fingerprint density at radius 2 is 1.97 bits per heavy atom. The molecule has 0 radical (unpaired) electrons. The second kappa shape index (κ2) is 9.37. The zero-order valence-corrected chi connectivity index (χ0v) is 16.8. The monoisotopic (exact) mass is 394 g/mol. The summed E-state index contributed by atoms with van der Waals surface area (Å²) in [6.07, 6.45) is 4.11. The fourth-order valence-corrected chi connectivity index (χ4v) is 3.78. The lowest BCUT2D eigenvalue weighted by atomic mass is 9.94. The van der Waals surface area contributed by atoms with Gasteiger partial charge in [-0.2, -0.15) is 0 Å². The Balaban J connectivity index is 1.83. The molecule has 0 bridgehead atoms. The molecule has 3 rings (SSSR count). The Labute approximate surface area is 170 Å². The van der Waals surface area contributed by atoms with Gasteiger partial charge < -0.3 is 9.30 Å². The number of hydrogen-bond acceptors (Lipinski definition) is 4. The maximum Gasteiger partial charge on any atom is 0.306 e. The predicted molar refractivity (Wildman–Crippen MR) is 113 cm³/mol. The van der Waals surface area contributed by atoms with Crippen molar-refractivity contribution in [3.8, 4) is 0 Å². The molecule has 0 fully saturated rings. The lowest BCUT2D eigenvalue weighted by molar-refractivity contribution is -0.483. The van der Waals surface area contributed by atoms with Gasteiger partial charge in [0.15, 0.2) is 0 Å². The average Bonchev–Trinajstić information content (AvgIpc) is 3.03. The van der Waals surface area contributed by atoms with E-state index in [0.717, 1.165) is 35.9 Å². The van der Waals surface area contributed by atoms with Gasteiger partial charge in [0, 0.05) is 28.6 Å². The molecule has 0 spiro atoms. The third-order valence-corrected chi connectivity index (χ3v) is 5.29. The van der Waals surface area contributed by atoms with Gasteiger partial charge >= 0.3 is 5.97 Å². The molecule has 1 atom stereocenters. The van der Waals surface area contributed by atoms with Crippen molar-refractivity contribution in [3.05, 3.63) is 81.5 Å². The zero-order valence-electron chi connectivity index (χ0n) is 16.8. The minimum absolute atomic E-state index is 0.00329. The van der Waals surface area contributed by atoms with Crippen LogP contribution in [0.2, 0.25) is 0 Å². The number of benzene rings is 2. The van der Waals surface area contributed by atoms with E-state index in [-0.39, 0.29) is 17.9 Å². The first kappa shape index (κ1) is 20.6. The highest BCUT2D eigenvalue weighted by Gasteiger charge is 2.23. The van der Waals surface area contributed by atoms with E-state index < -0.39 is 11.9 Å². The van der Waals surface area contributed by atoms with E-state index in [1.807, 2.05) is 36.4 Å². The van der Waals surface area contributed by atoms with Crippen LogP contribution in [0.1, 0.15) is 35.4 Å². The number of nitrogens with zero attached hydrogens (tertiary/aromatic N) is 2. The Kier molecular flexibility index (Phi) is 6.65. The van der Waals surface area contributed by atoms with E-state index in [1.165, 1.54) is 18.2 Å². The Hall–Kier alpha value is -3.15. The van der Waals surface area contributed by atoms with E-state index in [2.05, 4.69) is 29.8 Å². The van der Waals surface area contributed by atoms with Gasteiger partial charge in [0.2, 0.25) is 6.54 Å². The van der Waals surface area contributed by atoms with Crippen LogP contribution in [-0.2, 0) is 22.5 Å². The van der Waals surface area contributed by atoms with Gasteiger partial charge in [-0.3, -0.25) is 14.9 Å². The number of hydrogen-bond donors (Lipinski definition) is 0. The van der Waals surface area contributed by atoms with Crippen molar-refractivity contribution in [3.63, 3.8) is 0 Å². The fourth-order valence-electron chi connectivity index (χ4n) is 3.78. The molecule has 6 nitrogen and oxygen atoms in total. The highest BCUT2D eigenvalue weighted by Crippen LogP contribution is 2.28. The molecular formula is C23H26N2O4. The van der Waals surface area contributed by atoms with Crippen molar-refractivity contribution in [2.45, 2.75) is 38.6 Å². The van der Waals surface area contributed by atoms with Gasteiger partial charge in [-0.15, -0.1) is 0 Å². The molecule has 1 heterocycles. The summed E-state index contributed by atoms with van der Waals surface area (Å²) in [6.45, 7) is 2.63. The third kappa shape index (κ3) is 5.22. The molecule has 0 amide bonds. The second-order valence-corrected chi connectivity index (χ2v) is 7.36. The summed E-state index contributed by atoms with van der Waals surface area (Å²) in [5.74, 6) is -0.943. The molecule has 3 aromatic rings. The van der Waals surface area contributed by atoms with Gasteiger partial charge in [0.1, 0.15) is 0 Å². The summed E-state index contributed by atoms with van der Waals surface area (Å²) in [7, 11) is 1.30. The van der Waals surface area contributed by atoms with Crippen molar-refractivity contribution in [2.75, 3.05) is 13.7 Å². The highest BCUT2D eigenvalue weighted by atomic mass is 16.6. The summed E-state index contributed by atoms with van der Waals surface area (Å²) >= 11 is 0. The summed E-state index contributed by atoms with van der Waals surface area (Å²) in [4.78, 5) is 22.5. The summed E-state index contributed by atoms with van der Waals surface area (Å²) in [5, 5.41) is 12.2. The fraction of sp³-hybridized carbons (Fsp3) is 0.348. The van der Waals surface area contributed by atoms with E-state index in [0.29, 0.717) is 0 Å². The van der Waals surface area contributed by atoms with E-state index >= 15 is 0 Å². The van der Waals surface area contributed by atoms with E-state index in [1.54, 1.807) is 0 Å². The van der Waals surface area contributed by atoms with Gasteiger partial charge in [0.25, 0.3) is 0 Å². The van der Waals surface area contributed by atoms with Crippen molar-refractivity contribution in [1.82, 2.24) is 4.57 Å². The molecule has 0 aliphatic rings. The van der Waals surface area contributed by atoms with Crippen LogP contribution in [0.5, 0.6) is 0 Å². The van der Waals surface area contributed by atoms with Crippen molar-refractivity contribution >= 4 is 16.9 Å². The summed E-state index contributed by atoms with van der Waals surface area (Å²) in [6, 6.07) is 16.3. The van der Waals surface area contributed by atoms with E-state index in [9.17, 15) is 14.9 Å². The number of carbonyl (C=O) groups is 1. The lowest BCUT2D eigenvalue weighted by Crippen LogP contribution is -2.17. The number of fused-ring (bicyclic) bond motifs is 1. The molecule has 0 N–H and O–H groups in total. The number of nitro groups is 1. The smallest absolute Gasteiger partial charge is 0.306 e. The van der Waals surface area contributed by atoms with Crippen LogP contribution in [0.3, 0.4) is 0 Å². The maximum atomic E-state index is 11.7. The molecule has 0 aliphatic heterocycles. The largest absolute Gasteiger partial charge is 0.469 e. The molecule has 1 unspecified atom stereocenters. The number of aromatic nitrogens is 1. The van der Waals surface area contributed by atoms with E-state index in [4.69, 9.17) is 4.74 Å². The van der Waals surface area contributed by atoms with Gasteiger partial charge in [-0.05, 0) is 42.5 Å². The Morgan fingerprint density at radius 1 is 1.21 bits per heavy atom. The molecular weight excluding hydrogens is 368 g/mol. The van der Waals surface area contributed by atoms with Crippen LogP contribution in [0.15, 0.2) is 54.7 Å². The number of esters is 1. The highest BCUT2D eigenvalue weighted by molar-refractivity contribution is 5.84. The summed E-state index contributed by atoms with van der Waals surface area (Å²) in [5.41, 5.74) is 4.32. The quantitative estimate of drug-likeness (QED) is 0.304. The minimum atomic E-state index is -0.505. The topological polar surface area (TPSA) is 74.4 Å². The van der Waals surface area contributed by atoms with Crippen LogP contribution in [-0.4, -0.2) is 29.1 Å². The zero-order chi connectivity index (χ0) is 20.8. The second-order valence-electron chi connectivity index (χ2n) is 7.36. The molecule has 152 valence electrons. The van der Waals surface area contributed by atoms with Gasteiger partial charge in [-0.1, -0.05) is 42.5 Å². The molecule has 0 saturated heterocycles. The Morgan fingerprint density at radius 3 is 2.66 bits per heavy atom. The molecule has 1 aromatic heterocycles. The first-order chi connectivity index (χ1) is 14.0. The molecule has 0 aliphatic carbocycles. The van der Waals surface area contributed by atoms with Crippen LogP contribution in [0.25, 0.3) is 10.9 Å². The number of ether oxygens (including phenoxy) is 1. The number of rotatable bonds is 9. The molecule has 0 saturated carbocycles. The minimum Gasteiger partial charge on any atom is -0.469 e. The van der Waals surface area contributed by atoms with Crippen LogP contribution in [0.4, 0.5) is 0 Å². The maximum absolute atomic E-state index is 11.7. The van der Waals surface area contributed by atoms with Crippen LogP contribution in [0, 0.1) is 17.0 Å².